The molecule has 0 aliphatic carbocycles. The molecule has 3 aromatic rings. The highest BCUT2D eigenvalue weighted by atomic mass is 35.5. The highest BCUT2D eigenvalue weighted by Crippen LogP contribution is 2.26. The highest BCUT2D eigenvalue weighted by molar-refractivity contribution is 7.93. The second-order valence-electron chi connectivity index (χ2n) is 4.66. The lowest BCUT2D eigenvalue weighted by atomic mass is 10.2. The SMILES string of the molecule is O=C(O)c1cc(NS(=O)(=O)c2c[nH]c3ncccc23)ccc1Cl. The van der Waals surface area contributed by atoms with Crippen molar-refractivity contribution in [3.8, 4) is 0 Å². The Bertz CT molecular complexity index is 1010. The molecule has 0 spiro atoms. The summed E-state index contributed by atoms with van der Waals surface area (Å²) in [5.41, 5.74) is 0.354. The normalized spacial score (nSPS) is 11.5. The molecule has 118 valence electrons. The number of halogens is 1. The van der Waals surface area contributed by atoms with Crippen molar-refractivity contribution in [1.82, 2.24) is 9.97 Å². The molecule has 3 N–H and O–H groups in total. The summed E-state index contributed by atoms with van der Waals surface area (Å²) in [4.78, 5) is 17.9. The van der Waals surface area contributed by atoms with E-state index in [4.69, 9.17) is 16.7 Å². The van der Waals surface area contributed by atoms with E-state index in [1.807, 2.05) is 0 Å². The molecule has 7 nitrogen and oxygen atoms in total. The van der Waals surface area contributed by atoms with Crippen molar-refractivity contribution in [1.29, 1.82) is 0 Å². The van der Waals surface area contributed by atoms with Crippen LogP contribution in [0.15, 0.2) is 47.6 Å². The summed E-state index contributed by atoms with van der Waals surface area (Å²) in [6.07, 6.45) is 2.87. The Morgan fingerprint density at radius 3 is 2.83 bits per heavy atom. The zero-order valence-electron chi connectivity index (χ0n) is 11.4. The molecule has 0 fully saturated rings. The Morgan fingerprint density at radius 1 is 1.30 bits per heavy atom. The maximum Gasteiger partial charge on any atom is 0.337 e. The molecule has 23 heavy (non-hydrogen) atoms. The molecule has 0 aliphatic heterocycles. The van der Waals surface area contributed by atoms with Gasteiger partial charge in [-0.2, -0.15) is 0 Å². The van der Waals surface area contributed by atoms with E-state index in [1.165, 1.54) is 18.3 Å². The Kier molecular flexibility index (Phi) is 3.70. The van der Waals surface area contributed by atoms with Gasteiger partial charge in [-0.3, -0.25) is 4.72 Å². The minimum absolute atomic E-state index is 0.0208. The number of aromatic carboxylic acids is 1. The molecule has 9 heteroatoms. The van der Waals surface area contributed by atoms with Crippen molar-refractivity contribution < 1.29 is 18.3 Å². The predicted molar refractivity (Wildman–Crippen MR) is 85.3 cm³/mol. The highest BCUT2D eigenvalue weighted by Gasteiger charge is 2.20. The molecular weight excluding hydrogens is 342 g/mol. The molecule has 0 radical (unpaired) electrons. The van der Waals surface area contributed by atoms with Gasteiger partial charge in [-0.1, -0.05) is 11.6 Å². The Morgan fingerprint density at radius 2 is 2.09 bits per heavy atom. The number of aromatic nitrogens is 2. The van der Waals surface area contributed by atoms with Crippen LogP contribution < -0.4 is 4.72 Å². The van der Waals surface area contributed by atoms with Crippen LogP contribution in [0.25, 0.3) is 11.0 Å². The van der Waals surface area contributed by atoms with Gasteiger partial charge in [0.05, 0.1) is 10.6 Å². The van der Waals surface area contributed by atoms with Gasteiger partial charge in [0.2, 0.25) is 0 Å². The molecule has 2 aromatic heterocycles. The van der Waals surface area contributed by atoms with E-state index in [9.17, 15) is 13.2 Å². The van der Waals surface area contributed by atoms with Crippen molar-refractivity contribution in [2.45, 2.75) is 4.90 Å². The van der Waals surface area contributed by atoms with Gasteiger partial charge in [0.1, 0.15) is 10.5 Å². The Labute approximate surface area is 136 Å². The second kappa shape index (κ2) is 5.56. The van der Waals surface area contributed by atoms with Crippen LogP contribution in [-0.4, -0.2) is 29.5 Å². The van der Waals surface area contributed by atoms with Crippen LogP contribution in [0.5, 0.6) is 0 Å². The molecule has 0 saturated carbocycles. The average molecular weight is 352 g/mol. The minimum atomic E-state index is -3.91. The van der Waals surface area contributed by atoms with E-state index in [2.05, 4.69) is 14.7 Å². The van der Waals surface area contributed by atoms with E-state index in [1.54, 1.807) is 18.3 Å². The summed E-state index contributed by atoms with van der Waals surface area (Å²) in [5, 5.41) is 9.50. The van der Waals surface area contributed by atoms with E-state index in [0.717, 1.165) is 6.07 Å². The van der Waals surface area contributed by atoms with Crippen LogP contribution >= 0.6 is 11.6 Å². The van der Waals surface area contributed by atoms with Gasteiger partial charge >= 0.3 is 5.97 Å². The molecular formula is C14H10ClN3O4S. The molecule has 3 rings (SSSR count). The fourth-order valence-corrected chi connectivity index (χ4v) is 3.53. The lowest BCUT2D eigenvalue weighted by molar-refractivity contribution is 0.0697. The number of carboxylic acids is 1. The smallest absolute Gasteiger partial charge is 0.337 e. The first-order valence-electron chi connectivity index (χ1n) is 6.36. The first-order chi connectivity index (χ1) is 10.9. The fourth-order valence-electron chi connectivity index (χ4n) is 2.12. The number of sulfonamides is 1. The van der Waals surface area contributed by atoms with Gasteiger partial charge < -0.3 is 10.1 Å². The molecule has 0 unspecified atom stereocenters. The van der Waals surface area contributed by atoms with Crippen LogP contribution in [0.4, 0.5) is 5.69 Å². The number of benzene rings is 1. The summed E-state index contributed by atoms with van der Waals surface area (Å²) in [5.74, 6) is -1.24. The van der Waals surface area contributed by atoms with E-state index >= 15 is 0 Å². The third-order valence-corrected chi connectivity index (χ3v) is 4.90. The van der Waals surface area contributed by atoms with Gasteiger partial charge in [-0.15, -0.1) is 0 Å². The number of fused-ring (bicyclic) bond motifs is 1. The lowest BCUT2D eigenvalue weighted by Gasteiger charge is -2.08. The van der Waals surface area contributed by atoms with Crippen LogP contribution in [0.2, 0.25) is 5.02 Å². The number of aromatic amines is 1. The maximum atomic E-state index is 12.5. The van der Waals surface area contributed by atoms with Crippen LogP contribution in [0, 0.1) is 0 Å². The van der Waals surface area contributed by atoms with E-state index in [0.29, 0.717) is 11.0 Å². The van der Waals surface area contributed by atoms with E-state index < -0.39 is 16.0 Å². The molecule has 1 aromatic carbocycles. The number of rotatable bonds is 4. The number of carbonyl (C=O) groups is 1. The van der Waals surface area contributed by atoms with Gasteiger partial charge in [0, 0.05) is 23.5 Å². The number of hydrogen-bond donors (Lipinski definition) is 3. The third kappa shape index (κ3) is 2.86. The van der Waals surface area contributed by atoms with Crippen molar-refractivity contribution in [3.05, 3.63) is 53.3 Å². The Balaban J connectivity index is 2.02. The summed E-state index contributed by atoms with van der Waals surface area (Å²) in [7, 11) is -3.91. The summed E-state index contributed by atoms with van der Waals surface area (Å²) in [6.45, 7) is 0. The van der Waals surface area contributed by atoms with Crippen molar-refractivity contribution in [2.75, 3.05) is 4.72 Å². The van der Waals surface area contributed by atoms with Crippen molar-refractivity contribution in [2.24, 2.45) is 0 Å². The quantitative estimate of drug-likeness (QED) is 0.669. The zero-order valence-corrected chi connectivity index (χ0v) is 13.0. The number of pyridine rings is 1. The molecule has 0 atom stereocenters. The van der Waals surface area contributed by atoms with Gasteiger partial charge in [0.15, 0.2) is 0 Å². The van der Waals surface area contributed by atoms with Gasteiger partial charge in [-0.25, -0.2) is 18.2 Å². The van der Waals surface area contributed by atoms with Crippen molar-refractivity contribution in [3.63, 3.8) is 0 Å². The number of H-pyrrole nitrogens is 1. The van der Waals surface area contributed by atoms with E-state index in [-0.39, 0.29) is 21.2 Å². The lowest BCUT2D eigenvalue weighted by Crippen LogP contribution is -2.13. The Hall–Kier alpha value is -2.58. The number of nitrogens with zero attached hydrogens (tertiary/aromatic N) is 1. The first kappa shape index (κ1) is 15.3. The summed E-state index contributed by atoms with van der Waals surface area (Å²) >= 11 is 5.77. The third-order valence-electron chi connectivity index (χ3n) is 3.15. The average Bonchev–Trinajstić information content (AvgIpc) is 2.93. The predicted octanol–water partition coefficient (Wildman–Crippen LogP) is 2.72. The maximum absolute atomic E-state index is 12.5. The molecule has 0 bridgehead atoms. The van der Waals surface area contributed by atoms with Crippen LogP contribution in [-0.2, 0) is 10.0 Å². The molecule has 0 saturated heterocycles. The molecule has 2 heterocycles. The van der Waals surface area contributed by atoms with Gasteiger partial charge in [0.25, 0.3) is 10.0 Å². The molecule has 0 amide bonds. The summed E-state index contributed by atoms with van der Waals surface area (Å²) < 4.78 is 27.3. The monoisotopic (exact) mass is 351 g/mol. The summed E-state index contributed by atoms with van der Waals surface area (Å²) in [6, 6.07) is 7.12. The van der Waals surface area contributed by atoms with Crippen LogP contribution in [0.1, 0.15) is 10.4 Å². The zero-order chi connectivity index (χ0) is 16.6. The van der Waals surface area contributed by atoms with Crippen molar-refractivity contribution >= 4 is 44.3 Å². The van der Waals surface area contributed by atoms with Crippen LogP contribution in [0.3, 0.4) is 0 Å². The number of carboxylic acid groups (broad SMARTS) is 1. The second-order valence-corrected chi connectivity index (χ2v) is 6.72. The largest absolute Gasteiger partial charge is 0.478 e. The molecule has 0 aliphatic rings. The standard InChI is InChI=1S/C14H10ClN3O4S/c15-11-4-3-8(6-10(11)14(19)20)18-23(21,22)12-7-17-13-9(12)2-1-5-16-13/h1-7,18H,(H,16,17)(H,19,20). The van der Waals surface area contributed by atoms with Gasteiger partial charge in [-0.05, 0) is 30.3 Å². The number of anilines is 1. The topological polar surface area (TPSA) is 112 Å². The number of nitrogens with one attached hydrogen (secondary N) is 2. The first-order valence-corrected chi connectivity index (χ1v) is 8.22. The fraction of sp³-hybridized carbons (Fsp3) is 0. The number of hydrogen-bond acceptors (Lipinski definition) is 4. The minimum Gasteiger partial charge on any atom is -0.478 e.